The number of hydrogen-bond donors (Lipinski definition) is 2. The van der Waals surface area contributed by atoms with Gasteiger partial charge in [-0.15, -0.1) is 5.10 Å². The van der Waals surface area contributed by atoms with Crippen LogP contribution < -0.4 is 5.32 Å². The number of carboxylic acids is 1. The molecule has 0 bridgehead atoms. The van der Waals surface area contributed by atoms with Crippen LogP contribution in [0.5, 0.6) is 0 Å². The summed E-state index contributed by atoms with van der Waals surface area (Å²) in [5.74, 6) is -1.41. The number of aromatic nitrogens is 3. The maximum absolute atomic E-state index is 12.2. The number of carbonyl (C=O) groups excluding carboxylic acids is 1. The van der Waals surface area contributed by atoms with Crippen molar-refractivity contribution in [1.82, 2.24) is 20.1 Å². The highest BCUT2D eigenvalue weighted by Crippen LogP contribution is 2.30. The van der Waals surface area contributed by atoms with Crippen LogP contribution in [0.2, 0.25) is 0 Å². The van der Waals surface area contributed by atoms with Gasteiger partial charge in [-0.3, -0.25) is 9.59 Å². The Bertz CT molecular complexity index is 723. The fraction of sp³-hybridized carbons (Fsp3) is 0.375. The Labute approximate surface area is 138 Å². The first kappa shape index (κ1) is 16.1. The van der Waals surface area contributed by atoms with E-state index in [4.69, 9.17) is 4.74 Å². The molecular weight excluding hydrogens is 312 g/mol. The number of benzene rings is 1. The fourth-order valence-electron chi connectivity index (χ4n) is 2.63. The van der Waals surface area contributed by atoms with Crippen LogP contribution in [0.1, 0.15) is 23.5 Å². The molecule has 24 heavy (non-hydrogen) atoms. The average molecular weight is 330 g/mol. The average Bonchev–Trinajstić information content (AvgIpc) is 3.11. The number of aliphatic carboxylic acids is 1. The van der Waals surface area contributed by atoms with E-state index in [1.54, 1.807) is 0 Å². The van der Waals surface area contributed by atoms with Gasteiger partial charge >= 0.3 is 5.97 Å². The summed E-state index contributed by atoms with van der Waals surface area (Å²) in [4.78, 5) is 27.8. The normalized spacial score (nSPS) is 16.5. The molecule has 1 aromatic heterocycles. The molecule has 8 nitrogen and oxygen atoms in total. The van der Waals surface area contributed by atoms with E-state index in [-0.39, 0.29) is 12.4 Å². The zero-order valence-electron chi connectivity index (χ0n) is 13.0. The number of ether oxygens (including phenoxy) is 1. The van der Waals surface area contributed by atoms with Crippen LogP contribution in [0.25, 0.3) is 5.69 Å². The van der Waals surface area contributed by atoms with Crippen LogP contribution in [0.15, 0.2) is 36.7 Å². The Morgan fingerprint density at radius 3 is 2.62 bits per heavy atom. The summed E-state index contributed by atoms with van der Waals surface area (Å²) in [6.45, 7) is 0.788. The molecule has 0 unspecified atom stereocenters. The highest BCUT2D eigenvalue weighted by Gasteiger charge is 2.40. The molecule has 0 atom stereocenters. The smallest absolute Gasteiger partial charge is 0.311 e. The Morgan fingerprint density at radius 1 is 1.25 bits per heavy atom. The lowest BCUT2D eigenvalue weighted by Crippen LogP contribution is -2.46. The van der Waals surface area contributed by atoms with Crippen LogP contribution >= 0.6 is 0 Å². The molecule has 1 amide bonds. The summed E-state index contributed by atoms with van der Waals surface area (Å²) in [6, 6.07) is 9.29. The van der Waals surface area contributed by atoms with Gasteiger partial charge in [0.05, 0.1) is 11.1 Å². The van der Waals surface area contributed by atoms with E-state index in [0.29, 0.717) is 26.1 Å². The van der Waals surface area contributed by atoms with Crippen LogP contribution in [0.3, 0.4) is 0 Å². The lowest BCUT2D eigenvalue weighted by molar-refractivity contribution is -0.154. The van der Waals surface area contributed by atoms with Crippen molar-refractivity contribution in [2.45, 2.75) is 12.8 Å². The van der Waals surface area contributed by atoms with Crippen LogP contribution in [-0.2, 0) is 9.53 Å². The third kappa shape index (κ3) is 3.28. The number of carbonyl (C=O) groups is 2. The minimum Gasteiger partial charge on any atom is -0.481 e. The fourth-order valence-corrected chi connectivity index (χ4v) is 2.63. The zero-order valence-corrected chi connectivity index (χ0v) is 13.0. The standard InChI is InChI=1S/C16H18N4O4/c21-14(17-10-16(15(22)23)6-8-24-9-7-16)13-18-11-20(19-13)12-4-2-1-3-5-12/h1-5,11H,6-10H2,(H,17,21)(H,22,23). The zero-order chi connectivity index (χ0) is 17.0. The van der Waals surface area contributed by atoms with Gasteiger partial charge in [-0.1, -0.05) is 18.2 Å². The summed E-state index contributed by atoms with van der Waals surface area (Å²) < 4.78 is 6.71. The third-order valence-electron chi connectivity index (χ3n) is 4.21. The monoisotopic (exact) mass is 330 g/mol. The van der Waals surface area contributed by atoms with Crippen molar-refractivity contribution in [2.75, 3.05) is 19.8 Å². The van der Waals surface area contributed by atoms with E-state index >= 15 is 0 Å². The topological polar surface area (TPSA) is 106 Å². The number of hydrogen-bond acceptors (Lipinski definition) is 5. The van der Waals surface area contributed by atoms with Gasteiger partial charge in [0.2, 0.25) is 5.82 Å². The van der Waals surface area contributed by atoms with E-state index in [1.807, 2.05) is 30.3 Å². The quantitative estimate of drug-likeness (QED) is 0.843. The second-order valence-electron chi connectivity index (χ2n) is 5.73. The van der Waals surface area contributed by atoms with E-state index < -0.39 is 17.3 Å². The number of nitrogens with one attached hydrogen (secondary N) is 1. The molecule has 8 heteroatoms. The Kier molecular flexibility index (Phi) is 4.57. The molecule has 1 fully saturated rings. The summed E-state index contributed by atoms with van der Waals surface area (Å²) in [6.07, 6.45) is 2.19. The molecule has 0 spiro atoms. The van der Waals surface area contributed by atoms with Gasteiger partial charge in [0.15, 0.2) is 0 Å². The summed E-state index contributed by atoms with van der Waals surface area (Å²) in [7, 11) is 0. The van der Waals surface area contributed by atoms with Gasteiger partial charge in [0.1, 0.15) is 6.33 Å². The molecule has 3 rings (SSSR count). The molecule has 1 aliphatic heterocycles. The predicted octanol–water partition coefficient (Wildman–Crippen LogP) is 0.878. The number of rotatable bonds is 5. The van der Waals surface area contributed by atoms with E-state index in [9.17, 15) is 14.7 Å². The number of carboxylic acid groups (broad SMARTS) is 1. The molecule has 2 aromatic rings. The van der Waals surface area contributed by atoms with Crippen LogP contribution in [0.4, 0.5) is 0 Å². The first-order chi connectivity index (χ1) is 11.6. The summed E-state index contributed by atoms with van der Waals surface area (Å²) >= 11 is 0. The molecule has 1 aliphatic rings. The SMILES string of the molecule is O=C(NCC1(C(=O)O)CCOCC1)c1ncn(-c2ccccc2)n1. The van der Waals surface area contributed by atoms with Crippen molar-refractivity contribution >= 4 is 11.9 Å². The van der Waals surface area contributed by atoms with E-state index in [1.165, 1.54) is 11.0 Å². The molecule has 126 valence electrons. The Hall–Kier alpha value is -2.74. The first-order valence-electron chi connectivity index (χ1n) is 7.67. The van der Waals surface area contributed by atoms with Crippen molar-refractivity contribution in [1.29, 1.82) is 0 Å². The molecule has 1 saturated heterocycles. The minimum absolute atomic E-state index is 0.00597. The summed E-state index contributed by atoms with van der Waals surface area (Å²) in [5.41, 5.74) is -0.203. The Morgan fingerprint density at radius 2 is 1.96 bits per heavy atom. The third-order valence-corrected chi connectivity index (χ3v) is 4.21. The molecular formula is C16H18N4O4. The molecule has 2 heterocycles. The second kappa shape index (κ2) is 6.79. The lowest BCUT2D eigenvalue weighted by Gasteiger charge is -2.32. The van der Waals surface area contributed by atoms with Crippen molar-refractivity contribution < 1.29 is 19.4 Å². The molecule has 0 radical (unpaired) electrons. The van der Waals surface area contributed by atoms with Crippen LogP contribution in [0, 0.1) is 5.41 Å². The van der Waals surface area contributed by atoms with Crippen molar-refractivity contribution in [2.24, 2.45) is 5.41 Å². The maximum Gasteiger partial charge on any atom is 0.311 e. The van der Waals surface area contributed by atoms with E-state index in [2.05, 4.69) is 15.4 Å². The first-order valence-corrected chi connectivity index (χ1v) is 7.67. The molecule has 1 aromatic carbocycles. The van der Waals surface area contributed by atoms with Crippen molar-refractivity contribution in [3.05, 3.63) is 42.5 Å². The molecule has 0 saturated carbocycles. The van der Waals surface area contributed by atoms with Gasteiger partial charge in [-0.2, -0.15) is 0 Å². The number of amides is 1. The van der Waals surface area contributed by atoms with Crippen LogP contribution in [-0.4, -0.2) is 51.5 Å². The molecule has 0 aliphatic carbocycles. The molecule has 2 N–H and O–H groups in total. The number of para-hydroxylation sites is 1. The largest absolute Gasteiger partial charge is 0.481 e. The summed E-state index contributed by atoms with van der Waals surface area (Å²) in [5, 5.41) is 16.3. The highest BCUT2D eigenvalue weighted by atomic mass is 16.5. The maximum atomic E-state index is 12.2. The van der Waals surface area contributed by atoms with Gasteiger partial charge in [0, 0.05) is 19.8 Å². The van der Waals surface area contributed by atoms with E-state index in [0.717, 1.165) is 5.69 Å². The van der Waals surface area contributed by atoms with Crippen molar-refractivity contribution in [3.8, 4) is 5.69 Å². The number of nitrogens with zero attached hydrogens (tertiary/aromatic N) is 3. The minimum atomic E-state index is -0.990. The Balaban J connectivity index is 1.67. The highest BCUT2D eigenvalue weighted by molar-refractivity contribution is 5.90. The van der Waals surface area contributed by atoms with Gasteiger partial charge in [-0.25, -0.2) is 9.67 Å². The lowest BCUT2D eigenvalue weighted by atomic mass is 9.80. The second-order valence-corrected chi connectivity index (χ2v) is 5.73. The predicted molar refractivity (Wildman–Crippen MR) is 83.8 cm³/mol. The van der Waals surface area contributed by atoms with Crippen molar-refractivity contribution in [3.63, 3.8) is 0 Å². The van der Waals surface area contributed by atoms with Gasteiger partial charge in [0.25, 0.3) is 5.91 Å². The van der Waals surface area contributed by atoms with Gasteiger partial charge < -0.3 is 15.2 Å². The van der Waals surface area contributed by atoms with Gasteiger partial charge in [-0.05, 0) is 25.0 Å².